The lowest BCUT2D eigenvalue weighted by Gasteiger charge is -2.27. The highest BCUT2D eigenvalue weighted by Gasteiger charge is 2.26. The summed E-state index contributed by atoms with van der Waals surface area (Å²) in [5.74, 6) is 0. The van der Waals surface area contributed by atoms with Gasteiger partial charge in [-0.1, -0.05) is 102 Å². The minimum absolute atomic E-state index is 0.173. The Labute approximate surface area is 171 Å². The highest BCUT2D eigenvalue weighted by atomic mass is 32.4. The van der Waals surface area contributed by atoms with Crippen LogP contribution in [-0.2, 0) is 11.8 Å². The molecule has 0 saturated carbocycles. The van der Waals surface area contributed by atoms with Crippen LogP contribution in [0.25, 0.3) is 0 Å². The number of thioether (sulfide) groups is 1. The molecule has 1 N–H and O–H groups in total. The van der Waals surface area contributed by atoms with Gasteiger partial charge in [0.25, 0.3) is 0 Å². The van der Waals surface area contributed by atoms with Crippen molar-refractivity contribution in [1.29, 1.82) is 0 Å². The van der Waals surface area contributed by atoms with Gasteiger partial charge in [-0.25, -0.2) is 0 Å². The van der Waals surface area contributed by atoms with Crippen LogP contribution in [0.3, 0.4) is 0 Å². The summed E-state index contributed by atoms with van der Waals surface area (Å²) >= 11 is 8.15. The smallest absolute Gasteiger partial charge is 0.0434 e. The zero-order valence-corrected chi connectivity index (χ0v) is 17.6. The Kier molecular flexibility index (Phi) is 7.49. The number of hydrogen-bond donors (Lipinski definition) is 1. The second kappa shape index (κ2) is 10.1. The van der Waals surface area contributed by atoms with Crippen LogP contribution >= 0.6 is 17.8 Å². The molecule has 3 aromatic rings. The third-order valence-electron chi connectivity index (χ3n) is 4.31. The number of aliphatic hydroxyl groups excluding tert-OH is 1. The summed E-state index contributed by atoms with van der Waals surface area (Å²) in [4.78, 5) is 1.20. The lowest BCUT2D eigenvalue weighted by Crippen LogP contribution is -2.17. The van der Waals surface area contributed by atoms with E-state index in [1.165, 1.54) is 20.8 Å². The van der Waals surface area contributed by atoms with E-state index in [2.05, 4.69) is 66.1 Å². The third-order valence-corrected chi connectivity index (χ3v) is 10.6. The topological polar surface area (TPSA) is 20.2 Å². The van der Waals surface area contributed by atoms with Crippen molar-refractivity contribution in [2.24, 2.45) is 0 Å². The van der Waals surface area contributed by atoms with Crippen molar-refractivity contribution in [3.05, 3.63) is 102 Å². The predicted molar refractivity (Wildman–Crippen MR) is 123 cm³/mol. The van der Waals surface area contributed by atoms with E-state index < -0.39 is 6.04 Å². The fourth-order valence-electron chi connectivity index (χ4n) is 2.94. The first kappa shape index (κ1) is 20.1. The van der Waals surface area contributed by atoms with Crippen molar-refractivity contribution >= 4 is 40.2 Å². The molecule has 0 atom stereocenters. The van der Waals surface area contributed by atoms with Crippen LogP contribution in [0.5, 0.6) is 0 Å². The molecule has 0 unspecified atom stereocenters. The van der Waals surface area contributed by atoms with Gasteiger partial charge in [-0.3, -0.25) is 0 Å². The average Bonchev–Trinajstić information content (AvgIpc) is 2.75. The molecule has 0 saturated heterocycles. The molecule has 4 heteroatoms. The predicted octanol–water partition coefficient (Wildman–Crippen LogP) is 5.52. The molecular weight excluding hydrogens is 387 g/mol. The van der Waals surface area contributed by atoms with Gasteiger partial charge in [0.1, 0.15) is 0 Å². The van der Waals surface area contributed by atoms with Gasteiger partial charge in [0.15, 0.2) is 0 Å². The number of hydrogen-bond acceptors (Lipinski definition) is 3. The first-order valence-corrected chi connectivity index (χ1v) is 12.7. The van der Waals surface area contributed by atoms with Crippen molar-refractivity contribution in [2.75, 3.05) is 6.61 Å². The molecule has 0 aliphatic heterocycles. The zero-order valence-electron chi connectivity index (χ0n) is 15.1. The Balaban J connectivity index is 2.09. The van der Waals surface area contributed by atoms with Gasteiger partial charge in [0.2, 0.25) is 0 Å². The highest BCUT2D eigenvalue weighted by Crippen LogP contribution is 2.54. The van der Waals surface area contributed by atoms with Crippen molar-refractivity contribution in [1.82, 2.24) is 0 Å². The van der Waals surface area contributed by atoms with E-state index in [-0.39, 0.29) is 6.61 Å². The van der Waals surface area contributed by atoms with Crippen LogP contribution in [0.2, 0.25) is 0 Å². The van der Waals surface area contributed by atoms with E-state index >= 15 is 0 Å². The summed E-state index contributed by atoms with van der Waals surface area (Å²) in [6.45, 7) is 0.173. The molecule has 3 aromatic carbocycles. The second-order valence-corrected chi connectivity index (χ2v) is 11.6. The molecule has 0 bridgehead atoms. The Morgan fingerprint density at radius 3 is 1.78 bits per heavy atom. The Bertz CT molecular complexity index is 865. The molecule has 0 radical (unpaired) electrons. The largest absolute Gasteiger partial charge is 0.396 e. The summed E-state index contributed by atoms with van der Waals surface area (Å²) < 4.78 is 0. The molecular formula is C23H23OPS2. The van der Waals surface area contributed by atoms with Crippen LogP contribution in [0.15, 0.2) is 107 Å². The first-order valence-electron chi connectivity index (χ1n) is 8.98. The lowest BCUT2D eigenvalue weighted by molar-refractivity contribution is 0.289. The average molecular weight is 411 g/mol. The third kappa shape index (κ3) is 5.00. The minimum atomic E-state index is -2.14. The van der Waals surface area contributed by atoms with E-state index in [0.717, 1.165) is 12.8 Å². The molecule has 0 aliphatic rings. The standard InChI is InChI=1S/C23H23OPS2/c24-18-10-15-22(19-27-23-16-8-3-9-17-23)25(26,20-11-4-1-5-12-20)21-13-6-2-7-14-21/h1-9,11-14,16-17,19,24H,10,15,18H2/b22-19+. The van der Waals surface area contributed by atoms with Crippen LogP contribution in [0.4, 0.5) is 0 Å². The quantitative estimate of drug-likeness (QED) is 0.390. The summed E-state index contributed by atoms with van der Waals surface area (Å²) in [6.07, 6.45) is 1.52. The normalized spacial score (nSPS) is 12.1. The SMILES string of the molecule is OCCC/C(=C\Sc1ccccc1)P(=S)(c1ccccc1)c1ccccc1. The fraction of sp³-hybridized carbons (Fsp3) is 0.130. The van der Waals surface area contributed by atoms with Crippen LogP contribution in [0.1, 0.15) is 12.8 Å². The fourth-order valence-corrected chi connectivity index (χ4v) is 8.41. The molecule has 0 spiro atoms. The van der Waals surface area contributed by atoms with Crippen LogP contribution in [0, 0.1) is 0 Å². The van der Waals surface area contributed by atoms with E-state index in [1.807, 2.05) is 30.3 Å². The number of allylic oxidation sites excluding steroid dienone is 1. The molecule has 0 heterocycles. The molecule has 0 aromatic heterocycles. The minimum Gasteiger partial charge on any atom is -0.396 e. The van der Waals surface area contributed by atoms with Crippen LogP contribution < -0.4 is 10.6 Å². The molecule has 1 nitrogen and oxygen atoms in total. The second-order valence-electron chi connectivity index (χ2n) is 6.15. The highest BCUT2D eigenvalue weighted by molar-refractivity contribution is 8.24. The first-order chi connectivity index (χ1) is 13.2. The summed E-state index contributed by atoms with van der Waals surface area (Å²) in [7, 11) is 0. The molecule has 0 fully saturated rings. The molecule has 27 heavy (non-hydrogen) atoms. The Hall–Kier alpha value is -1.64. The van der Waals surface area contributed by atoms with Crippen molar-refractivity contribution in [2.45, 2.75) is 17.7 Å². The number of benzene rings is 3. The van der Waals surface area contributed by atoms with Crippen molar-refractivity contribution in [3.8, 4) is 0 Å². The Morgan fingerprint density at radius 1 is 0.815 bits per heavy atom. The maximum atomic E-state index is 9.45. The maximum Gasteiger partial charge on any atom is 0.0434 e. The van der Waals surface area contributed by atoms with E-state index in [4.69, 9.17) is 11.8 Å². The van der Waals surface area contributed by atoms with E-state index in [0.29, 0.717) is 0 Å². The number of aliphatic hydroxyl groups is 1. The molecule has 138 valence electrons. The van der Waals surface area contributed by atoms with Crippen molar-refractivity contribution in [3.63, 3.8) is 0 Å². The van der Waals surface area contributed by atoms with Gasteiger partial charge in [-0.05, 0) is 46.3 Å². The van der Waals surface area contributed by atoms with Gasteiger partial charge >= 0.3 is 0 Å². The summed E-state index contributed by atoms with van der Waals surface area (Å²) in [5, 5.41) is 15.3. The summed E-state index contributed by atoms with van der Waals surface area (Å²) in [6, 6.07) is 29.1. The maximum absolute atomic E-state index is 9.45. The lowest BCUT2D eigenvalue weighted by atomic mass is 10.3. The van der Waals surface area contributed by atoms with Crippen molar-refractivity contribution < 1.29 is 5.11 Å². The van der Waals surface area contributed by atoms with Gasteiger partial charge in [-0.2, -0.15) is 0 Å². The molecule has 0 aliphatic carbocycles. The van der Waals surface area contributed by atoms with Gasteiger partial charge < -0.3 is 5.11 Å². The molecule has 0 amide bonds. The summed E-state index contributed by atoms with van der Waals surface area (Å²) in [5.41, 5.74) is 0. The van der Waals surface area contributed by atoms with Gasteiger partial charge in [-0.15, -0.1) is 0 Å². The van der Waals surface area contributed by atoms with Crippen LogP contribution in [-0.4, -0.2) is 11.7 Å². The van der Waals surface area contributed by atoms with E-state index in [9.17, 15) is 5.11 Å². The van der Waals surface area contributed by atoms with Gasteiger partial charge in [0, 0.05) is 17.5 Å². The molecule has 3 rings (SSSR count). The number of rotatable bonds is 8. The van der Waals surface area contributed by atoms with Gasteiger partial charge in [0.05, 0.1) is 0 Å². The monoisotopic (exact) mass is 410 g/mol. The Morgan fingerprint density at radius 2 is 1.30 bits per heavy atom. The zero-order chi connectivity index (χ0) is 19.0. The van der Waals surface area contributed by atoms with E-state index in [1.54, 1.807) is 11.8 Å².